The molecule has 0 aliphatic carbocycles. The minimum atomic E-state index is -0.0506. The highest BCUT2D eigenvalue weighted by Gasteiger charge is 2.39. The second-order valence-electron chi connectivity index (χ2n) is 6.47. The van der Waals surface area contributed by atoms with Crippen molar-refractivity contribution in [1.29, 1.82) is 0 Å². The number of amides is 1. The van der Waals surface area contributed by atoms with Crippen LogP contribution >= 0.6 is 0 Å². The minimum absolute atomic E-state index is 0.0506. The maximum atomic E-state index is 12.6. The summed E-state index contributed by atoms with van der Waals surface area (Å²) in [4.78, 5) is 19.2. The molecule has 3 rings (SSSR count). The van der Waals surface area contributed by atoms with Gasteiger partial charge in [0.15, 0.2) is 0 Å². The number of carbonyl (C=O) groups excluding carboxylic acids is 1. The van der Waals surface area contributed by atoms with Gasteiger partial charge < -0.3 is 10.2 Å². The van der Waals surface area contributed by atoms with E-state index in [9.17, 15) is 4.79 Å². The Hall–Kier alpha value is -1.42. The monoisotopic (exact) mass is 287 g/mol. The number of rotatable bonds is 4. The van der Waals surface area contributed by atoms with Gasteiger partial charge in [-0.15, -0.1) is 0 Å². The van der Waals surface area contributed by atoms with Crippen LogP contribution in [0.4, 0.5) is 0 Å². The van der Waals surface area contributed by atoms with Gasteiger partial charge >= 0.3 is 0 Å². The molecule has 3 heterocycles. The Balaban J connectivity index is 1.63. The average molecular weight is 287 g/mol. The first kappa shape index (κ1) is 14.5. The number of pyridine rings is 1. The van der Waals surface area contributed by atoms with Crippen LogP contribution in [0, 0.1) is 0 Å². The van der Waals surface area contributed by atoms with E-state index in [1.807, 2.05) is 12.1 Å². The van der Waals surface area contributed by atoms with Crippen molar-refractivity contribution in [1.82, 2.24) is 15.2 Å². The Kier molecular flexibility index (Phi) is 4.24. The molecular formula is C17H25N3O. The van der Waals surface area contributed by atoms with Gasteiger partial charge in [0.1, 0.15) is 0 Å². The second kappa shape index (κ2) is 6.14. The number of carbonyl (C=O) groups is 1. The summed E-state index contributed by atoms with van der Waals surface area (Å²) in [6.45, 7) is 2.07. The van der Waals surface area contributed by atoms with Crippen molar-refractivity contribution in [2.24, 2.45) is 0 Å². The summed E-state index contributed by atoms with van der Waals surface area (Å²) in [7, 11) is 2.23. The minimum Gasteiger partial charge on any atom is -0.353 e. The van der Waals surface area contributed by atoms with Crippen LogP contribution in [0.25, 0.3) is 0 Å². The second-order valence-corrected chi connectivity index (χ2v) is 6.47. The van der Waals surface area contributed by atoms with Gasteiger partial charge in [0.2, 0.25) is 5.91 Å². The van der Waals surface area contributed by atoms with Crippen LogP contribution in [0.15, 0.2) is 24.5 Å². The molecule has 0 spiro atoms. The predicted molar refractivity (Wildman–Crippen MR) is 83.0 cm³/mol. The molecule has 2 unspecified atom stereocenters. The van der Waals surface area contributed by atoms with Crippen molar-refractivity contribution in [3.63, 3.8) is 0 Å². The zero-order valence-electron chi connectivity index (χ0n) is 13.0. The number of nitrogens with one attached hydrogen (secondary N) is 1. The van der Waals surface area contributed by atoms with E-state index in [2.05, 4.69) is 29.2 Å². The Morgan fingerprint density at radius 1 is 1.33 bits per heavy atom. The quantitative estimate of drug-likeness (QED) is 0.924. The third kappa shape index (κ3) is 2.95. The summed E-state index contributed by atoms with van der Waals surface area (Å²) in [6, 6.07) is 5.57. The number of piperidine rings is 1. The van der Waals surface area contributed by atoms with Crippen LogP contribution in [-0.4, -0.2) is 41.0 Å². The average Bonchev–Trinajstić information content (AvgIpc) is 2.72. The molecule has 1 N–H and O–H groups in total. The van der Waals surface area contributed by atoms with Crippen molar-refractivity contribution < 1.29 is 4.79 Å². The van der Waals surface area contributed by atoms with E-state index in [-0.39, 0.29) is 11.8 Å². The summed E-state index contributed by atoms with van der Waals surface area (Å²) >= 11 is 0. The Bertz CT molecular complexity index is 476. The maximum Gasteiger partial charge on any atom is 0.227 e. The number of hydrogen-bond acceptors (Lipinski definition) is 3. The molecule has 2 fully saturated rings. The van der Waals surface area contributed by atoms with Crippen molar-refractivity contribution in [3.05, 3.63) is 30.1 Å². The van der Waals surface area contributed by atoms with Crippen molar-refractivity contribution in [2.45, 2.75) is 63.1 Å². The lowest BCUT2D eigenvalue weighted by atomic mass is 9.93. The Morgan fingerprint density at radius 2 is 1.95 bits per heavy atom. The molecule has 1 aromatic rings. The van der Waals surface area contributed by atoms with Crippen molar-refractivity contribution in [2.75, 3.05) is 7.05 Å². The zero-order chi connectivity index (χ0) is 14.8. The summed E-state index contributed by atoms with van der Waals surface area (Å²) in [5.74, 6) is 0.128. The molecule has 4 heteroatoms. The van der Waals surface area contributed by atoms with Gasteiger partial charge in [-0.2, -0.15) is 0 Å². The van der Waals surface area contributed by atoms with Crippen LogP contribution in [0.3, 0.4) is 0 Å². The van der Waals surface area contributed by atoms with Crippen LogP contribution in [0.2, 0.25) is 0 Å². The van der Waals surface area contributed by atoms with E-state index in [0.717, 1.165) is 24.8 Å². The number of hydrogen-bond donors (Lipinski definition) is 1. The first-order valence-corrected chi connectivity index (χ1v) is 8.11. The SMILES string of the molecule is CC[C@@H](C(=O)NC1CC2CCC(C1)N2C)c1ccncc1. The highest BCUT2D eigenvalue weighted by atomic mass is 16.1. The summed E-state index contributed by atoms with van der Waals surface area (Å²) in [5.41, 5.74) is 1.07. The van der Waals surface area contributed by atoms with Crippen molar-refractivity contribution in [3.8, 4) is 0 Å². The molecule has 3 atom stereocenters. The number of nitrogens with zero attached hydrogens (tertiary/aromatic N) is 2. The van der Waals surface area contributed by atoms with Gasteiger partial charge in [-0.3, -0.25) is 9.78 Å². The number of aromatic nitrogens is 1. The normalized spacial score (nSPS) is 30.1. The Morgan fingerprint density at radius 3 is 2.52 bits per heavy atom. The lowest BCUT2D eigenvalue weighted by Crippen LogP contribution is -2.49. The molecule has 114 valence electrons. The molecule has 1 amide bonds. The first-order chi connectivity index (χ1) is 10.2. The Labute approximate surface area is 126 Å². The van der Waals surface area contributed by atoms with Gasteiger partial charge in [-0.1, -0.05) is 6.92 Å². The molecular weight excluding hydrogens is 262 g/mol. The molecule has 0 radical (unpaired) electrons. The largest absolute Gasteiger partial charge is 0.353 e. The number of fused-ring (bicyclic) bond motifs is 2. The van der Waals surface area contributed by atoms with Gasteiger partial charge in [-0.25, -0.2) is 0 Å². The van der Waals surface area contributed by atoms with E-state index >= 15 is 0 Å². The van der Waals surface area contributed by atoms with Crippen LogP contribution < -0.4 is 5.32 Å². The zero-order valence-corrected chi connectivity index (χ0v) is 13.0. The molecule has 0 aromatic carbocycles. The third-order valence-electron chi connectivity index (χ3n) is 5.28. The molecule has 2 saturated heterocycles. The van der Waals surface area contributed by atoms with Gasteiger partial charge in [-0.05, 0) is 56.8 Å². The van der Waals surface area contributed by atoms with Gasteiger partial charge in [0.25, 0.3) is 0 Å². The van der Waals surface area contributed by atoms with Crippen LogP contribution in [0.5, 0.6) is 0 Å². The topological polar surface area (TPSA) is 45.2 Å². The predicted octanol–water partition coefficient (Wildman–Crippen LogP) is 2.32. The molecule has 2 aliphatic rings. The molecule has 2 bridgehead atoms. The lowest BCUT2D eigenvalue weighted by molar-refractivity contribution is -0.123. The smallest absolute Gasteiger partial charge is 0.227 e. The molecule has 2 aliphatic heterocycles. The third-order valence-corrected chi connectivity index (χ3v) is 5.28. The van der Waals surface area contributed by atoms with Crippen LogP contribution in [-0.2, 0) is 4.79 Å². The highest BCUT2D eigenvalue weighted by Crippen LogP contribution is 2.34. The first-order valence-electron chi connectivity index (χ1n) is 8.11. The molecule has 0 saturated carbocycles. The van der Waals surface area contributed by atoms with E-state index < -0.39 is 0 Å². The summed E-state index contributed by atoms with van der Waals surface area (Å²) < 4.78 is 0. The van der Waals surface area contributed by atoms with E-state index in [0.29, 0.717) is 18.1 Å². The molecule has 4 nitrogen and oxygen atoms in total. The van der Waals surface area contributed by atoms with Gasteiger partial charge in [0.05, 0.1) is 5.92 Å². The fourth-order valence-electron chi connectivity index (χ4n) is 4.00. The summed E-state index contributed by atoms with van der Waals surface area (Å²) in [6.07, 6.45) is 9.14. The summed E-state index contributed by atoms with van der Waals surface area (Å²) in [5, 5.41) is 3.30. The molecule has 1 aromatic heterocycles. The fraction of sp³-hybridized carbons (Fsp3) is 0.647. The lowest BCUT2D eigenvalue weighted by Gasteiger charge is -2.37. The molecule has 21 heavy (non-hydrogen) atoms. The standard InChI is InChI=1S/C17H25N3O/c1-3-16(12-6-8-18-9-7-12)17(21)19-13-10-14-4-5-15(11-13)20(14)2/h6-9,13-16H,3-5,10-11H2,1-2H3,(H,19,21)/t13?,14?,15?,16-/m1/s1. The van der Waals surface area contributed by atoms with E-state index in [1.54, 1.807) is 12.4 Å². The van der Waals surface area contributed by atoms with E-state index in [4.69, 9.17) is 0 Å². The van der Waals surface area contributed by atoms with Crippen LogP contribution in [0.1, 0.15) is 50.5 Å². The van der Waals surface area contributed by atoms with E-state index in [1.165, 1.54) is 12.8 Å². The van der Waals surface area contributed by atoms with Crippen molar-refractivity contribution >= 4 is 5.91 Å². The highest BCUT2D eigenvalue weighted by molar-refractivity contribution is 5.83. The fourth-order valence-corrected chi connectivity index (χ4v) is 4.00. The maximum absolute atomic E-state index is 12.6. The van der Waals surface area contributed by atoms with Gasteiger partial charge in [0, 0.05) is 30.5 Å².